The van der Waals surface area contributed by atoms with E-state index in [1.54, 1.807) is 0 Å². The fourth-order valence-electron chi connectivity index (χ4n) is 4.36. The molecule has 1 unspecified atom stereocenters. The molecule has 0 saturated carbocycles. The quantitative estimate of drug-likeness (QED) is 0.221. The number of nitrogens with two attached hydrogens (primary N) is 1. The first kappa shape index (κ1) is 23.4. The molecule has 5 rings (SSSR count). The number of hydrogen-bond donors (Lipinski definition) is 5. The van der Waals surface area contributed by atoms with Crippen LogP contribution >= 0.6 is 0 Å². The number of nitrogens with one attached hydrogen (secondary N) is 4. The second-order valence-electron chi connectivity index (χ2n) is 8.44. The van der Waals surface area contributed by atoms with Crippen LogP contribution in [0.5, 0.6) is 0 Å². The Morgan fingerprint density at radius 1 is 1.09 bits per heavy atom. The second kappa shape index (κ2) is 11.4. The highest BCUT2D eigenvalue weighted by molar-refractivity contribution is 6.05. The molecule has 0 aliphatic carbocycles. The summed E-state index contributed by atoms with van der Waals surface area (Å²) in [4.78, 5) is 15.5. The topological polar surface area (TPSA) is 119 Å². The van der Waals surface area contributed by atoms with E-state index in [2.05, 4.69) is 50.4 Å². The summed E-state index contributed by atoms with van der Waals surface area (Å²) >= 11 is 0. The number of imidazole rings is 1. The number of benzene rings is 2. The third-order valence-corrected chi connectivity index (χ3v) is 6.14. The van der Waals surface area contributed by atoms with E-state index in [4.69, 9.17) is 11.1 Å². The molecule has 0 amide bonds. The Labute approximate surface area is 200 Å². The van der Waals surface area contributed by atoms with E-state index in [1.165, 1.54) is 12.0 Å². The zero-order valence-electron chi connectivity index (χ0n) is 19.6. The average Bonchev–Trinajstić information content (AvgIpc) is 3.41. The van der Waals surface area contributed by atoms with Crippen LogP contribution in [0, 0.1) is 5.41 Å². The van der Waals surface area contributed by atoms with Crippen LogP contribution in [0.3, 0.4) is 0 Å². The Bertz CT molecular complexity index is 1200. The number of aliphatic imine (C=N–C) groups is 1. The first-order valence-corrected chi connectivity index (χ1v) is 12.0. The lowest BCUT2D eigenvalue weighted by atomic mass is 9.96. The van der Waals surface area contributed by atoms with Gasteiger partial charge in [0.2, 0.25) is 0 Å². The number of amidine groups is 1. The maximum atomic E-state index is 8.35. The molecule has 7 heteroatoms. The van der Waals surface area contributed by atoms with Gasteiger partial charge in [0.25, 0.3) is 0 Å². The van der Waals surface area contributed by atoms with Crippen LogP contribution in [0.15, 0.2) is 65.7 Å². The fourth-order valence-corrected chi connectivity index (χ4v) is 4.36. The SMILES string of the molecule is CCc1nc2ccc(-c3cc(C4CCCNCC4)[nH]c3C(=N)N=CN)cc2[nH]1.c1ccccc1. The lowest BCUT2D eigenvalue weighted by Crippen LogP contribution is -2.13. The maximum Gasteiger partial charge on any atom is 0.170 e. The summed E-state index contributed by atoms with van der Waals surface area (Å²) in [6.07, 6.45) is 5.43. The number of rotatable bonds is 4. The zero-order valence-corrected chi connectivity index (χ0v) is 19.6. The Morgan fingerprint density at radius 3 is 2.56 bits per heavy atom. The van der Waals surface area contributed by atoms with Gasteiger partial charge in [0.1, 0.15) is 5.82 Å². The van der Waals surface area contributed by atoms with Crippen molar-refractivity contribution < 1.29 is 0 Å². The molecule has 1 fully saturated rings. The third-order valence-electron chi connectivity index (χ3n) is 6.14. The summed E-state index contributed by atoms with van der Waals surface area (Å²) in [6, 6.07) is 20.4. The van der Waals surface area contributed by atoms with Crippen molar-refractivity contribution in [3.63, 3.8) is 0 Å². The van der Waals surface area contributed by atoms with Gasteiger partial charge in [0.15, 0.2) is 5.84 Å². The predicted molar refractivity (Wildman–Crippen MR) is 141 cm³/mol. The smallest absolute Gasteiger partial charge is 0.170 e. The van der Waals surface area contributed by atoms with E-state index in [1.807, 2.05) is 42.5 Å². The average molecular weight is 456 g/mol. The van der Waals surface area contributed by atoms with Gasteiger partial charge in [-0.3, -0.25) is 5.41 Å². The van der Waals surface area contributed by atoms with E-state index in [9.17, 15) is 0 Å². The van der Waals surface area contributed by atoms with Gasteiger partial charge >= 0.3 is 0 Å². The van der Waals surface area contributed by atoms with Crippen molar-refractivity contribution >= 4 is 23.2 Å². The van der Waals surface area contributed by atoms with Crippen molar-refractivity contribution in [3.8, 4) is 11.1 Å². The van der Waals surface area contributed by atoms with Crippen LogP contribution in [0.2, 0.25) is 0 Å². The van der Waals surface area contributed by atoms with Gasteiger partial charge in [-0.25, -0.2) is 9.98 Å². The lowest BCUT2D eigenvalue weighted by Gasteiger charge is -2.11. The van der Waals surface area contributed by atoms with Crippen LogP contribution in [0.1, 0.15) is 49.3 Å². The van der Waals surface area contributed by atoms with Crippen LogP contribution < -0.4 is 11.1 Å². The molecule has 1 aliphatic heterocycles. The molecule has 3 heterocycles. The number of fused-ring (bicyclic) bond motifs is 1. The molecule has 0 spiro atoms. The zero-order chi connectivity index (χ0) is 23.8. The Balaban J connectivity index is 0.000000398. The molecule has 2 aromatic heterocycles. The molecule has 0 radical (unpaired) electrons. The predicted octanol–water partition coefficient (Wildman–Crippen LogP) is 4.98. The second-order valence-corrected chi connectivity index (χ2v) is 8.44. The number of aromatic nitrogens is 3. The van der Waals surface area contributed by atoms with E-state index < -0.39 is 0 Å². The van der Waals surface area contributed by atoms with Crippen LogP contribution in [-0.2, 0) is 6.42 Å². The van der Waals surface area contributed by atoms with Crippen molar-refractivity contribution in [2.24, 2.45) is 10.7 Å². The minimum atomic E-state index is 0.148. The Kier molecular flexibility index (Phi) is 7.88. The van der Waals surface area contributed by atoms with Gasteiger partial charge in [0.05, 0.1) is 23.1 Å². The summed E-state index contributed by atoms with van der Waals surface area (Å²) in [6.45, 7) is 4.18. The van der Waals surface area contributed by atoms with Gasteiger partial charge in [0, 0.05) is 23.6 Å². The molecule has 4 aromatic rings. The molecule has 6 N–H and O–H groups in total. The first-order valence-electron chi connectivity index (χ1n) is 12.0. The summed E-state index contributed by atoms with van der Waals surface area (Å²) in [5.74, 6) is 1.59. The van der Waals surface area contributed by atoms with Crippen molar-refractivity contribution in [1.82, 2.24) is 20.3 Å². The standard InChI is InChI=1S/C21H27N7.C6H6/c1-2-19-26-16-6-5-14(10-18(16)27-19)15-11-17(13-4-3-8-24-9-7-13)28-20(15)21(23)25-12-22;1-2-4-6-5-3-1/h5-6,10-13,24,28H,2-4,7-9H2,1H3,(H,26,27)(H3,22,23,25);1-6H. The molecule has 7 nitrogen and oxygen atoms in total. The minimum Gasteiger partial charge on any atom is -0.390 e. The van der Waals surface area contributed by atoms with Gasteiger partial charge in [-0.2, -0.15) is 0 Å². The van der Waals surface area contributed by atoms with Crippen molar-refractivity contribution in [2.45, 2.75) is 38.5 Å². The molecule has 176 valence electrons. The monoisotopic (exact) mass is 455 g/mol. The minimum absolute atomic E-state index is 0.148. The molecule has 1 saturated heterocycles. The highest BCUT2D eigenvalue weighted by atomic mass is 14.9. The van der Waals surface area contributed by atoms with Crippen LogP contribution in [-0.4, -0.2) is 40.2 Å². The number of hydrogen-bond acceptors (Lipinski definition) is 3. The van der Waals surface area contributed by atoms with Crippen molar-refractivity contribution in [3.05, 3.63) is 77.9 Å². The molecule has 2 aromatic carbocycles. The third kappa shape index (κ3) is 5.61. The van der Waals surface area contributed by atoms with E-state index >= 15 is 0 Å². The van der Waals surface area contributed by atoms with Gasteiger partial charge in [-0.15, -0.1) is 0 Å². The summed E-state index contributed by atoms with van der Waals surface area (Å²) < 4.78 is 0. The first-order chi connectivity index (χ1) is 16.7. The molecule has 0 bridgehead atoms. The number of H-pyrrole nitrogens is 2. The van der Waals surface area contributed by atoms with Crippen LogP contribution in [0.4, 0.5) is 0 Å². The van der Waals surface area contributed by atoms with Crippen LogP contribution in [0.25, 0.3) is 22.2 Å². The van der Waals surface area contributed by atoms with E-state index in [0.29, 0.717) is 11.6 Å². The Hall–Kier alpha value is -3.71. The summed E-state index contributed by atoms with van der Waals surface area (Å²) in [5, 5.41) is 11.8. The highest BCUT2D eigenvalue weighted by Crippen LogP contribution is 2.33. The van der Waals surface area contributed by atoms with Gasteiger partial charge in [-0.1, -0.05) is 49.4 Å². The summed E-state index contributed by atoms with van der Waals surface area (Å²) in [7, 11) is 0. The Morgan fingerprint density at radius 2 is 1.85 bits per heavy atom. The maximum absolute atomic E-state index is 8.35. The van der Waals surface area contributed by atoms with E-state index in [-0.39, 0.29) is 5.84 Å². The number of nitrogens with zero attached hydrogens (tertiary/aromatic N) is 2. The molecular formula is C27H33N7. The van der Waals surface area contributed by atoms with Gasteiger partial charge < -0.3 is 21.0 Å². The number of aryl methyl sites for hydroxylation is 1. The van der Waals surface area contributed by atoms with Crippen molar-refractivity contribution in [2.75, 3.05) is 13.1 Å². The van der Waals surface area contributed by atoms with E-state index in [0.717, 1.165) is 66.8 Å². The largest absolute Gasteiger partial charge is 0.390 e. The lowest BCUT2D eigenvalue weighted by molar-refractivity contribution is 0.596. The number of aromatic amines is 2. The molecule has 1 aliphatic rings. The molecule has 1 atom stereocenters. The summed E-state index contributed by atoms with van der Waals surface area (Å²) in [5.41, 5.74) is 11.3. The van der Waals surface area contributed by atoms with Crippen molar-refractivity contribution in [1.29, 1.82) is 5.41 Å². The molecule has 34 heavy (non-hydrogen) atoms. The highest BCUT2D eigenvalue weighted by Gasteiger charge is 2.21. The molecular weight excluding hydrogens is 422 g/mol. The normalized spacial score (nSPS) is 16.2. The fraction of sp³-hybridized carbons (Fsp3) is 0.296. The van der Waals surface area contributed by atoms with Gasteiger partial charge in [-0.05, 0) is 56.1 Å².